The zero-order chi connectivity index (χ0) is 22.9. The number of hydrogen-bond donors (Lipinski definition) is 3. The second kappa shape index (κ2) is 9.03. The summed E-state index contributed by atoms with van der Waals surface area (Å²) in [6, 6.07) is 15.2. The van der Waals surface area contributed by atoms with Crippen LogP contribution < -0.4 is 10.6 Å². The minimum absolute atomic E-state index is 0.0156. The minimum Gasteiger partial charge on any atom is -0.391 e. The van der Waals surface area contributed by atoms with Crippen molar-refractivity contribution in [1.82, 2.24) is 10.6 Å². The molecule has 32 heavy (non-hydrogen) atoms. The van der Waals surface area contributed by atoms with Gasteiger partial charge in [0.25, 0.3) is 0 Å². The summed E-state index contributed by atoms with van der Waals surface area (Å²) in [5.74, 6) is -1.50. The Morgan fingerprint density at radius 3 is 2.47 bits per heavy atom. The third kappa shape index (κ3) is 4.42. The van der Waals surface area contributed by atoms with Crippen LogP contribution in [-0.2, 0) is 26.0 Å². The number of aliphatic hydroxyl groups excluding tert-OH is 1. The molecule has 2 amide bonds. The molecule has 2 aliphatic rings. The second-order valence-corrected chi connectivity index (χ2v) is 10.8. The number of nitrogens with one attached hydrogen (secondary N) is 2. The largest absolute Gasteiger partial charge is 0.391 e. The van der Waals surface area contributed by atoms with Crippen molar-refractivity contribution in [3.8, 4) is 0 Å². The smallest absolute Gasteiger partial charge is 0.241 e. The van der Waals surface area contributed by atoms with Crippen LogP contribution in [0.3, 0.4) is 0 Å². The molecular weight excluding hydrogens is 428 g/mol. The Morgan fingerprint density at radius 1 is 1.09 bits per heavy atom. The Morgan fingerprint density at radius 2 is 1.78 bits per heavy atom. The fraction of sp³-hybridized carbons (Fsp3) is 0.417. The summed E-state index contributed by atoms with van der Waals surface area (Å²) in [5.41, 5.74) is 2.16. The fourth-order valence-corrected chi connectivity index (χ4v) is 6.52. The molecular formula is C24H28N2O5S. The molecule has 2 aromatic carbocycles. The van der Waals surface area contributed by atoms with Crippen LogP contribution in [0.5, 0.6) is 0 Å². The number of carbonyl (C=O) groups is 2. The van der Waals surface area contributed by atoms with Crippen LogP contribution in [-0.4, -0.2) is 42.7 Å². The first kappa shape index (κ1) is 22.5. The number of rotatable bonds is 5. The molecule has 0 spiro atoms. The van der Waals surface area contributed by atoms with Crippen molar-refractivity contribution in [3.05, 3.63) is 65.7 Å². The fourth-order valence-electron chi connectivity index (χ4n) is 4.77. The van der Waals surface area contributed by atoms with E-state index in [0.29, 0.717) is 25.8 Å². The van der Waals surface area contributed by atoms with Gasteiger partial charge in [-0.25, -0.2) is 8.42 Å². The Balaban J connectivity index is 1.41. The maximum atomic E-state index is 13.0. The van der Waals surface area contributed by atoms with Gasteiger partial charge in [-0.3, -0.25) is 9.59 Å². The van der Waals surface area contributed by atoms with Crippen LogP contribution in [0.25, 0.3) is 0 Å². The first-order valence-corrected chi connectivity index (χ1v) is 12.4. The summed E-state index contributed by atoms with van der Waals surface area (Å²) in [6.07, 6.45) is 0.0720. The number of piperidine rings is 1. The van der Waals surface area contributed by atoms with Gasteiger partial charge in [-0.1, -0.05) is 48.0 Å². The van der Waals surface area contributed by atoms with E-state index in [0.717, 1.165) is 11.1 Å². The molecule has 1 heterocycles. The first-order chi connectivity index (χ1) is 15.3. The number of aliphatic hydroxyl groups is 1. The van der Waals surface area contributed by atoms with Gasteiger partial charge in [-0.15, -0.1) is 0 Å². The molecule has 1 aliphatic carbocycles. The molecule has 5 unspecified atom stereocenters. The van der Waals surface area contributed by atoms with Gasteiger partial charge in [0.05, 0.1) is 11.0 Å². The Kier molecular flexibility index (Phi) is 6.35. The Hall–Kier alpha value is -2.71. The van der Waals surface area contributed by atoms with Crippen molar-refractivity contribution in [1.29, 1.82) is 0 Å². The van der Waals surface area contributed by atoms with E-state index < -0.39 is 39.1 Å². The van der Waals surface area contributed by atoms with Gasteiger partial charge < -0.3 is 15.7 Å². The Bertz CT molecular complexity index is 1090. The third-order valence-corrected chi connectivity index (χ3v) is 8.69. The van der Waals surface area contributed by atoms with Crippen molar-refractivity contribution < 1.29 is 23.1 Å². The molecule has 0 radical (unpaired) electrons. The van der Waals surface area contributed by atoms with E-state index in [9.17, 15) is 23.1 Å². The van der Waals surface area contributed by atoms with Crippen LogP contribution in [0, 0.1) is 18.8 Å². The molecule has 8 heteroatoms. The highest BCUT2D eigenvalue weighted by Crippen LogP contribution is 2.37. The van der Waals surface area contributed by atoms with Crippen LogP contribution in [0.1, 0.15) is 30.4 Å². The maximum Gasteiger partial charge on any atom is 0.241 e. The summed E-state index contributed by atoms with van der Waals surface area (Å²) >= 11 is 0. The van der Waals surface area contributed by atoms with Crippen LogP contribution in [0.4, 0.5) is 0 Å². The number of fused-ring (bicyclic) bond motifs is 1. The van der Waals surface area contributed by atoms with E-state index in [1.807, 2.05) is 31.2 Å². The van der Waals surface area contributed by atoms with Crippen molar-refractivity contribution >= 4 is 21.7 Å². The van der Waals surface area contributed by atoms with Gasteiger partial charge in [0, 0.05) is 24.4 Å². The molecule has 4 rings (SSSR count). The number of benzene rings is 2. The summed E-state index contributed by atoms with van der Waals surface area (Å²) < 4.78 is 26.0. The highest BCUT2D eigenvalue weighted by Gasteiger charge is 2.52. The number of carbonyl (C=O) groups excluding carboxylic acids is 2. The number of sulfone groups is 1. The average Bonchev–Trinajstić information content (AvgIpc) is 2.78. The number of amides is 2. The lowest BCUT2D eigenvalue weighted by Crippen LogP contribution is -2.63. The highest BCUT2D eigenvalue weighted by molar-refractivity contribution is 7.92. The standard InChI is InChI=1S/C24H28N2O5S/c1-15-7-9-16(10-8-15)14-25-23(28)17-11-12-19-20(13-17)26-24(29)22(21(19)27)32(30,31)18-5-3-2-4-6-18/h2-10,17,19-22,27H,11-14H2,1H3,(H,25,28)(H,26,29). The Labute approximate surface area is 188 Å². The topological polar surface area (TPSA) is 113 Å². The molecule has 1 saturated heterocycles. The van der Waals surface area contributed by atoms with Crippen molar-refractivity contribution in [2.45, 2.75) is 55.0 Å². The predicted octanol–water partition coefficient (Wildman–Crippen LogP) is 1.73. The van der Waals surface area contributed by atoms with Gasteiger partial charge >= 0.3 is 0 Å². The molecule has 0 bridgehead atoms. The normalized spacial score (nSPS) is 27.8. The molecule has 1 aliphatic heterocycles. The van der Waals surface area contributed by atoms with Gasteiger partial charge in [0.15, 0.2) is 15.1 Å². The molecule has 2 fully saturated rings. The zero-order valence-corrected chi connectivity index (χ0v) is 18.7. The van der Waals surface area contributed by atoms with E-state index in [2.05, 4.69) is 10.6 Å². The quantitative estimate of drug-likeness (QED) is 0.634. The van der Waals surface area contributed by atoms with Gasteiger partial charge in [-0.05, 0) is 43.9 Å². The maximum absolute atomic E-state index is 13.0. The average molecular weight is 457 g/mol. The second-order valence-electron chi connectivity index (χ2n) is 8.76. The van der Waals surface area contributed by atoms with E-state index in [4.69, 9.17) is 0 Å². The van der Waals surface area contributed by atoms with Gasteiger partial charge in [0.1, 0.15) is 0 Å². The lowest BCUT2D eigenvalue weighted by Gasteiger charge is -2.44. The molecule has 3 N–H and O–H groups in total. The SMILES string of the molecule is Cc1ccc(CNC(=O)C2CCC3C(C2)NC(=O)C(S(=O)(=O)c2ccccc2)C3O)cc1. The highest BCUT2D eigenvalue weighted by atomic mass is 32.2. The van der Waals surface area contributed by atoms with E-state index in [1.165, 1.54) is 12.1 Å². The van der Waals surface area contributed by atoms with Crippen LogP contribution in [0.15, 0.2) is 59.5 Å². The van der Waals surface area contributed by atoms with Gasteiger partial charge in [0.2, 0.25) is 11.8 Å². The van der Waals surface area contributed by atoms with Crippen molar-refractivity contribution in [3.63, 3.8) is 0 Å². The van der Waals surface area contributed by atoms with E-state index in [1.54, 1.807) is 18.2 Å². The third-order valence-electron chi connectivity index (χ3n) is 6.60. The molecule has 170 valence electrons. The van der Waals surface area contributed by atoms with Crippen LogP contribution in [0.2, 0.25) is 0 Å². The van der Waals surface area contributed by atoms with E-state index in [-0.39, 0.29) is 16.7 Å². The number of aryl methyl sites for hydroxylation is 1. The lowest BCUT2D eigenvalue weighted by molar-refractivity contribution is -0.134. The number of hydrogen-bond acceptors (Lipinski definition) is 5. The summed E-state index contributed by atoms with van der Waals surface area (Å²) in [6.45, 7) is 2.43. The zero-order valence-electron chi connectivity index (χ0n) is 17.9. The monoisotopic (exact) mass is 456 g/mol. The van der Waals surface area contributed by atoms with Gasteiger partial charge in [-0.2, -0.15) is 0 Å². The molecule has 7 nitrogen and oxygen atoms in total. The van der Waals surface area contributed by atoms with Crippen LogP contribution >= 0.6 is 0 Å². The predicted molar refractivity (Wildman–Crippen MR) is 119 cm³/mol. The summed E-state index contributed by atoms with van der Waals surface area (Å²) in [7, 11) is -4.02. The molecule has 1 saturated carbocycles. The van der Waals surface area contributed by atoms with Crippen molar-refractivity contribution in [2.24, 2.45) is 11.8 Å². The first-order valence-electron chi connectivity index (χ1n) is 10.9. The minimum atomic E-state index is -4.02. The summed E-state index contributed by atoms with van der Waals surface area (Å²) in [4.78, 5) is 25.5. The molecule has 0 aromatic heterocycles. The van der Waals surface area contributed by atoms with E-state index >= 15 is 0 Å². The molecule has 2 aromatic rings. The molecule has 5 atom stereocenters. The van der Waals surface area contributed by atoms with Crippen molar-refractivity contribution in [2.75, 3.05) is 0 Å². The lowest BCUT2D eigenvalue weighted by atomic mass is 9.73. The summed E-state index contributed by atoms with van der Waals surface area (Å²) in [5, 5.41) is 15.1.